The smallest absolute Gasteiger partial charge is 0.258 e. The topological polar surface area (TPSA) is 122 Å². The number of sulfonamides is 2. The van der Waals surface area contributed by atoms with Crippen molar-refractivity contribution in [3.8, 4) is 5.75 Å². The number of nitrogens with zero attached hydrogens (tertiary/aromatic N) is 1. The van der Waals surface area contributed by atoms with E-state index in [2.05, 4.69) is 10.0 Å². The van der Waals surface area contributed by atoms with Gasteiger partial charge in [0, 0.05) is 18.8 Å². The Hall–Kier alpha value is -2.54. The molecule has 0 atom stereocenters. The molecule has 0 aromatic heterocycles. The molecule has 2 aromatic rings. The van der Waals surface area contributed by atoms with Gasteiger partial charge in [-0.15, -0.1) is 0 Å². The molecule has 0 radical (unpaired) electrons. The lowest BCUT2D eigenvalue weighted by atomic mass is 10.2. The zero-order valence-corrected chi connectivity index (χ0v) is 19.2. The normalized spacial score (nSPS) is 15.3. The molecule has 0 unspecified atom stereocenters. The van der Waals surface area contributed by atoms with Crippen molar-refractivity contribution in [2.24, 2.45) is 0 Å². The van der Waals surface area contributed by atoms with Crippen molar-refractivity contribution < 1.29 is 30.8 Å². The molecule has 2 N–H and O–H groups in total. The molecule has 1 aliphatic heterocycles. The minimum absolute atomic E-state index is 0.0904. The molecule has 1 heterocycles. The maximum absolute atomic E-state index is 14.2. The summed E-state index contributed by atoms with van der Waals surface area (Å²) in [5.41, 5.74) is -0.412. The van der Waals surface area contributed by atoms with Crippen LogP contribution in [0.15, 0.2) is 46.2 Å². The fourth-order valence-corrected chi connectivity index (χ4v) is 5.82. The van der Waals surface area contributed by atoms with Gasteiger partial charge in [0.25, 0.3) is 5.91 Å². The minimum Gasteiger partial charge on any atom is -0.495 e. The Balaban J connectivity index is 1.94. The lowest BCUT2D eigenvalue weighted by Gasteiger charge is -2.26. The van der Waals surface area contributed by atoms with Gasteiger partial charge in [0.1, 0.15) is 16.5 Å². The molecule has 1 amide bonds. The van der Waals surface area contributed by atoms with Crippen molar-refractivity contribution >= 4 is 31.6 Å². The number of benzene rings is 2. The number of halogens is 1. The molecule has 1 aliphatic rings. The second-order valence-electron chi connectivity index (χ2n) is 7.13. The number of hydrogen-bond donors (Lipinski definition) is 2. The van der Waals surface area contributed by atoms with Gasteiger partial charge in [0.2, 0.25) is 20.0 Å². The average Bonchev–Trinajstić information content (AvgIpc) is 2.79. The van der Waals surface area contributed by atoms with Gasteiger partial charge in [-0.25, -0.2) is 25.9 Å². The summed E-state index contributed by atoms with van der Waals surface area (Å²) >= 11 is 0. The van der Waals surface area contributed by atoms with Crippen LogP contribution in [0.5, 0.6) is 5.75 Å². The molecule has 0 bridgehead atoms. The second-order valence-corrected chi connectivity index (χ2v) is 10.9. The highest BCUT2D eigenvalue weighted by molar-refractivity contribution is 7.89. The number of carbonyl (C=O) groups is 1. The van der Waals surface area contributed by atoms with E-state index in [1.165, 1.54) is 36.7 Å². The van der Waals surface area contributed by atoms with Crippen molar-refractivity contribution in [3.63, 3.8) is 0 Å². The zero-order chi connectivity index (χ0) is 23.5. The Morgan fingerprint density at radius 3 is 2.34 bits per heavy atom. The van der Waals surface area contributed by atoms with Crippen LogP contribution < -0.4 is 14.8 Å². The molecule has 32 heavy (non-hydrogen) atoms. The molecule has 1 fully saturated rings. The number of anilines is 1. The lowest BCUT2D eigenvalue weighted by Crippen LogP contribution is -2.35. The predicted octanol–water partition coefficient (Wildman–Crippen LogP) is 2.17. The summed E-state index contributed by atoms with van der Waals surface area (Å²) in [4.78, 5) is 12.3. The summed E-state index contributed by atoms with van der Waals surface area (Å²) in [5.74, 6) is -1.74. The van der Waals surface area contributed by atoms with Crippen molar-refractivity contribution in [1.29, 1.82) is 0 Å². The highest BCUT2D eigenvalue weighted by Gasteiger charge is 2.29. The molecule has 3 rings (SSSR count). The molecule has 1 saturated heterocycles. The number of carbonyl (C=O) groups excluding carboxylic acids is 1. The number of rotatable bonds is 7. The number of ether oxygens (including phenoxy) is 1. The highest BCUT2D eigenvalue weighted by Crippen LogP contribution is 2.31. The van der Waals surface area contributed by atoms with Crippen LogP contribution in [0.25, 0.3) is 0 Å². The number of nitrogens with one attached hydrogen (secondary N) is 2. The first kappa shape index (κ1) is 24.1. The molecule has 0 saturated carbocycles. The van der Waals surface area contributed by atoms with E-state index in [-0.39, 0.29) is 21.2 Å². The first-order valence-electron chi connectivity index (χ1n) is 9.83. The van der Waals surface area contributed by atoms with Gasteiger partial charge in [-0.3, -0.25) is 4.79 Å². The van der Waals surface area contributed by atoms with Crippen molar-refractivity contribution in [1.82, 2.24) is 9.03 Å². The van der Waals surface area contributed by atoms with Crippen LogP contribution in [-0.4, -0.2) is 54.3 Å². The summed E-state index contributed by atoms with van der Waals surface area (Å²) in [7, 11) is -5.23. The first-order valence-corrected chi connectivity index (χ1v) is 12.7. The highest BCUT2D eigenvalue weighted by atomic mass is 32.2. The average molecular weight is 486 g/mol. The molecular weight excluding hydrogens is 461 g/mol. The van der Waals surface area contributed by atoms with E-state index in [4.69, 9.17) is 4.74 Å². The van der Waals surface area contributed by atoms with Crippen LogP contribution in [0.3, 0.4) is 0 Å². The van der Waals surface area contributed by atoms with E-state index < -0.39 is 37.3 Å². The third-order valence-electron chi connectivity index (χ3n) is 5.12. The summed E-state index contributed by atoms with van der Waals surface area (Å²) in [6, 6.07) is 6.87. The van der Waals surface area contributed by atoms with Crippen molar-refractivity contribution in [2.45, 2.75) is 29.1 Å². The first-order chi connectivity index (χ1) is 15.1. The van der Waals surface area contributed by atoms with Gasteiger partial charge in [-0.05, 0) is 56.3 Å². The van der Waals surface area contributed by atoms with Gasteiger partial charge in [-0.1, -0.05) is 6.42 Å². The van der Waals surface area contributed by atoms with Crippen LogP contribution in [0.4, 0.5) is 10.1 Å². The van der Waals surface area contributed by atoms with E-state index in [1.807, 2.05) is 0 Å². The van der Waals surface area contributed by atoms with Crippen molar-refractivity contribution in [2.75, 3.05) is 32.6 Å². The van der Waals surface area contributed by atoms with Gasteiger partial charge < -0.3 is 10.1 Å². The summed E-state index contributed by atoms with van der Waals surface area (Å²) in [6.45, 7) is 0.778. The van der Waals surface area contributed by atoms with Gasteiger partial charge in [-0.2, -0.15) is 4.31 Å². The molecular formula is C20H24FN3O6S2. The van der Waals surface area contributed by atoms with E-state index in [0.29, 0.717) is 13.1 Å². The van der Waals surface area contributed by atoms with E-state index in [1.54, 1.807) is 0 Å². The third-order valence-corrected chi connectivity index (χ3v) is 8.45. The molecule has 9 nitrogen and oxygen atoms in total. The molecule has 2 aromatic carbocycles. The Morgan fingerprint density at radius 1 is 1.03 bits per heavy atom. The molecule has 12 heteroatoms. The predicted molar refractivity (Wildman–Crippen MR) is 116 cm³/mol. The molecule has 0 aliphatic carbocycles. The summed E-state index contributed by atoms with van der Waals surface area (Å²) in [5, 5.41) is 2.43. The Labute approximate surface area is 186 Å². The molecule has 0 spiro atoms. The summed E-state index contributed by atoms with van der Waals surface area (Å²) < 4.78 is 73.1. The maximum atomic E-state index is 14.2. The van der Waals surface area contributed by atoms with Crippen LogP contribution in [-0.2, 0) is 20.0 Å². The lowest BCUT2D eigenvalue weighted by molar-refractivity contribution is 0.102. The van der Waals surface area contributed by atoms with Crippen molar-refractivity contribution in [3.05, 3.63) is 47.8 Å². The van der Waals surface area contributed by atoms with Crippen LogP contribution in [0.2, 0.25) is 0 Å². The Kier molecular flexibility index (Phi) is 7.18. The zero-order valence-electron chi connectivity index (χ0n) is 17.6. The van der Waals surface area contributed by atoms with E-state index in [0.717, 1.165) is 37.5 Å². The minimum atomic E-state index is -3.89. The largest absolute Gasteiger partial charge is 0.495 e. The number of methoxy groups -OCH3 is 1. The third kappa shape index (κ3) is 4.93. The number of piperidine rings is 1. The fraction of sp³-hybridized carbons (Fsp3) is 0.350. The second kappa shape index (κ2) is 9.53. The number of hydrogen-bond acceptors (Lipinski definition) is 6. The standard InChI is InChI=1S/C20H24FN3O6S2/c1-22-31(26,27)15-7-8-17(21)16(13-15)20(25)23-14-6-9-18(30-2)19(12-14)32(28,29)24-10-4-3-5-11-24/h6-9,12-13,22H,3-5,10-11H2,1-2H3,(H,23,25). The molecule has 174 valence electrons. The van der Waals surface area contributed by atoms with E-state index in [9.17, 15) is 26.0 Å². The Bertz CT molecular complexity index is 1230. The fourth-order valence-electron chi connectivity index (χ4n) is 3.36. The SMILES string of the molecule is CNS(=O)(=O)c1ccc(F)c(C(=O)Nc2ccc(OC)c(S(=O)(=O)N3CCCCC3)c2)c1. The number of amides is 1. The van der Waals surface area contributed by atoms with Crippen LogP contribution in [0.1, 0.15) is 29.6 Å². The van der Waals surface area contributed by atoms with Crippen LogP contribution >= 0.6 is 0 Å². The monoisotopic (exact) mass is 485 g/mol. The van der Waals surface area contributed by atoms with Crippen LogP contribution in [0, 0.1) is 5.82 Å². The van der Waals surface area contributed by atoms with Gasteiger partial charge >= 0.3 is 0 Å². The quantitative estimate of drug-likeness (QED) is 0.620. The Morgan fingerprint density at radius 2 is 1.72 bits per heavy atom. The van der Waals surface area contributed by atoms with Gasteiger partial charge in [0.05, 0.1) is 17.6 Å². The van der Waals surface area contributed by atoms with Gasteiger partial charge in [0.15, 0.2) is 0 Å². The maximum Gasteiger partial charge on any atom is 0.258 e. The summed E-state index contributed by atoms with van der Waals surface area (Å²) in [6.07, 6.45) is 2.46. The van der Waals surface area contributed by atoms with E-state index >= 15 is 0 Å².